The van der Waals surface area contributed by atoms with Gasteiger partial charge in [0.2, 0.25) is 11.8 Å². The molecule has 2 aromatic rings. The van der Waals surface area contributed by atoms with Crippen molar-refractivity contribution in [2.45, 2.75) is 39.3 Å². The summed E-state index contributed by atoms with van der Waals surface area (Å²) < 4.78 is 5.64. The van der Waals surface area contributed by atoms with Crippen molar-refractivity contribution >= 4 is 46.6 Å². The number of hydrogen-bond donors (Lipinski definition) is 1. The quantitative estimate of drug-likeness (QED) is 0.475. The molecule has 0 saturated heterocycles. The Morgan fingerprint density at radius 1 is 1.07 bits per heavy atom. The molecular formula is C22H25Cl3N2O3. The van der Waals surface area contributed by atoms with E-state index in [1.54, 1.807) is 49.4 Å². The van der Waals surface area contributed by atoms with Gasteiger partial charge in [-0.1, -0.05) is 40.9 Å². The van der Waals surface area contributed by atoms with Gasteiger partial charge in [0.05, 0.1) is 6.61 Å². The summed E-state index contributed by atoms with van der Waals surface area (Å²) in [5.41, 5.74) is 0.614. The van der Waals surface area contributed by atoms with E-state index in [0.717, 1.165) is 0 Å². The summed E-state index contributed by atoms with van der Waals surface area (Å²) in [6.45, 7) is 4.51. The van der Waals surface area contributed by atoms with Gasteiger partial charge in [-0.05, 0) is 56.7 Å². The summed E-state index contributed by atoms with van der Waals surface area (Å²) >= 11 is 18.4. The molecule has 0 bridgehead atoms. The summed E-state index contributed by atoms with van der Waals surface area (Å²) in [5.74, 6) is 0.276. The Hall–Kier alpha value is -1.95. The Morgan fingerprint density at radius 3 is 2.30 bits per heavy atom. The van der Waals surface area contributed by atoms with Crippen molar-refractivity contribution in [1.29, 1.82) is 0 Å². The summed E-state index contributed by atoms with van der Waals surface area (Å²) in [6, 6.07) is 11.5. The maximum atomic E-state index is 13.0. The number of nitrogens with zero attached hydrogens (tertiary/aromatic N) is 1. The third-order valence-electron chi connectivity index (χ3n) is 4.53. The third-order valence-corrected chi connectivity index (χ3v) is 5.49. The Kier molecular flexibility index (Phi) is 9.76. The second kappa shape index (κ2) is 12.0. The van der Waals surface area contributed by atoms with Gasteiger partial charge in [0.1, 0.15) is 11.8 Å². The number of nitrogens with one attached hydrogen (secondary N) is 1. The highest BCUT2D eigenvalue weighted by Gasteiger charge is 2.26. The first-order valence-electron chi connectivity index (χ1n) is 9.72. The van der Waals surface area contributed by atoms with Crippen LogP contribution in [0.15, 0.2) is 42.5 Å². The standard InChI is InChI=1S/C22H25Cl3N2O3/c1-3-26-22(29)15(2)27(14-18-19(24)6-4-7-20(18)25)21(28)8-5-13-30-17-11-9-16(23)10-12-17/h4,6-7,9-12,15H,3,5,8,13-14H2,1-2H3,(H,26,29)/t15-/m0/s1. The van der Waals surface area contributed by atoms with Crippen molar-refractivity contribution in [3.05, 3.63) is 63.1 Å². The molecule has 1 N–H and O–H groups in total. The van der Waals surface area contributed by atoms with Crippen LogP contribution in [0.25, 0.3) is 0 Å². The lowest BCUT2D eigenvalue weighted by atomic mass is 10.1. The van der Waals surface area contributed by atoms with E-state index in [4.69, 9.17) is 39.5 Å². The van der Waals surface area contributed by atoms with Gasteiger partial charge in [0.25, 0.3) is 0 Å². The molecule has 0 radical (unpaired) electrons. The number of carbonyl (C=O) groups excluding carboxylic acids is 2. The first kappa shape index (κ1) is 24.3. The molecule has 1 atom stereocenters. The lowest BCUT2D eigenvalue weighted by molar-refractivity contribution is -0.140. The monoisotopic (exact) mass is 470 g/mol. The highest BCUT2D eigenvalue weighted by atomic mass is 35.5. The van der Waals surface area contributed by atoms with Crippen molar-refractivity contribution in [3.63, 3.8) is 0 Å². The maximum absolute atomic E-state index is 13.0. The van der Waals surface area contributed by atoms with E-state index in [0.29, 0.717) is 46.0 Å². The Morgan fingerprint density at radius 2 is 1.70 bits per heavy atom. The van der Waals surface area contributed by atoms with Crippen LogP contribution in [-0.2, 0) is 16.1 Å². The van der Waals surface area contributed by atoms with E-state index in [2.05, 4.69) is 5.32 Å². The fraction of sp³-hybridized carbons (Fsp3) is 0.364. The summed E-state index contributed by atoms with van der Waals surface area (Å²) in [6.07, 6.45) is 0.718. The molecule has 0 aliphatic carbocycles. The average molecular weight is 472 g/mol. The molecule has 162 valence electrons. The van der Waals surface area contributed by atoms with Crippen LogP contribution in [0.5, 0.6) is 5.75 Å². The van der Waals surface area contributed by atoms with Crippen LogP contribution in [0.4, 0.5) is 0 Å². The van der Waals surface area contributed by atoms with E-state index in [-0.39, 0.29) is 24.8 Å². The molecule has 0 aliphatic heterocycles. The molecule has 0 aliphatic rings. The first-order chi connectivity index (χ1) is 14.3. The van der Waals surface area contributed by atoms with Gasteiger partial charge in [0.15, 0.2) is 0 Å². The summed E-state index contributed by atoms with van der Waals surface area (Å²) in [4.78, 5) is 26.8. The van der Waals surface area contributed by atoms with Gasteiger partial charge < -0.3 is 15.0 Å². The molecule has 2 amide bonds. The predicted molar refractivity (Wildman–Crippen MR) is 121 cm³/mol. The molecule has 30 heavy (non-hydrogen) atoms. The highest BCUT2D eigenvalue weighted by molar-refractivity contribution is 6.36. The van der Waals surface area contributed by atoms with E-state index in [1.807, 2.05) is 6.92 Å². The van der Waals surface area contributed by atoms with Gasteiger partial charge >= 0.3 is 0 Å². The fourth-order valence-corrected chi connectivity index (χ4v) is 3.49. The molecule has 0 spiro atoms. The zero-order valence-electron chi connectivity index (χ0n) is 17.0. The predicted octanol–water partition coefficient (Wildman–Crippen LogP) is 5.36. The largest absolute Gasteiger partial charge is 0.494 e. The second-order valence-corrected chi connectivity index (χ2v) is 7.95. The van der Waals surface area contributed by atoms with Crippen LogP contribution in [0.1, 0.15) is 32.3 Å². The van der Waals surface area contributed by atoms with Crippen LogP contribution in [0.3, 0.4) is 0 Å². The zero-order valence-corrected chi connectivity index (χ0v) is 19.2. The molecule has 5 nitrogen and oxygen atoms in total. The number of rotatable bonds is 10. The molecule has 0 unspecified atom stereocenters. The number of halogens is 3. The van der Waals surface area contributed by atoms with Gasteiger partial charge in [-0.15, -0.1) is 0 Å². The van der Waals surface area contributed by atoms with E-state index in [9.17, 15) is 9.59 Å². The minimum absolute atomic E-state index is 0.147. The third kappa shape index (κ3) is 7.08. The van der Waals surface area contributed by atoms with Crippen molar-refractivity contribution < 1.29 is 14.3 Å². The zero-order chi connectivity index (χ0) is 22.1. The molecule has 0 saturated carbocycles. The van der Waals surface area contributed by atoms with Crippen LogP contribution in [0, 0.1) is 0 Å². The van der Waals surface area contributed by atoms with E-state index >= 15 is 0 Å². The molecule has 8 heteroatoms. The minimum atomic E-state index is -0.665. The number of carbonyl (C=O) groups is 2. The Bertz CT molecular complexity index is 839. The number of benzene rings is 2. The number of likely N-dealkylation sites (N-methyl/N-ethyl adjacent to an activating group) is 1. The second-order valence-electron chi connectivity index (χ2n) is 6.70. The summed E-state index contributed by atoms with van der Waals surface area (Å²) in [5, 5.41) is 4.29. The van der Waals surface area contributed by atoms with Gasteiger partial charge in [-0.2, -0.15) is 0 Å². The van der Waals surface area contributed by atoms with Crippen LogP contribution < -0.4 is 10.1 Å². The van der Waals surface area contributed by atoms with E-state index in [1.165, 1.54) is 4.90 Å². The lowest BCUT2D eigenvalue weighted by Gasteiger charge is -2.29. The number of amides is 2. The topological polar surface area (TPSA) is 58.6 Å². The van der Waals surface area contributed by atoms with Crippen molar-refractivity contribution in [2.24, 2.45) is 0 Å². The highest BCUT2D eigenvalue weighted by Crippen LogP contribution is 2.27. The smallest absolute Gasteiger partial charge is 0.242 e. The first-order valence-corrected chi connectivity index (χ1v) is 10.8. The lowest BCUT2D eigenvalue weighted by Crippen LogP contribution is -2.47. The number of ether oxygens (including phenoxy) is 1. The van der Waals surface area contributed by atoms with Crippen molar-refractivity contribution in [2.75, 3.05) is 13.2 Å². The van der Waals surface area contributed by atoms with Crippen LogP contribution >= 0.6 is 34.8 Å². The molecule has 0 aromatic heterocycles. The van der Waals surface area contributed by atoms with Crippen molar-refractivity contribution in [1.82, 2.24) is 10.2 Å². The van der Waals surface area contributed by atoms with Crippen LogP contribution in [0.2, 0.25) is 15.1 Å². The van der Waals surface area contributed by atoms with Gasteiger partial charge in [-0.25, -0.2) is 0 Å². The molecular weight excluding hydrogens is 447 g/mol. The van der Waals surface area contributed by atoms with Crippen molar-refractivity contribution in [3.8, 4) is 5.75 Å². The van der Waals surface area contributed by atoms with Crippen LogP contribution in [-0.4, -0.2) is 35.9 Å². The normalized spacial score (nSPS) is 11.6. The SMILES string of the molecule is CCNC(=O)[C@H](C)N(Cc1c(Cl)cccc1Cl)C(=O)CCCOc1ccc(Cl)cc1. The number of hydrogen-bond acceptors (Lipinski definition) is 3. The molecule has 0 heterocycles. The summed E-state index contributed by atoms with van der Waals surface area (Å²) in [7, 11) is 0. The average Bonchev–Trinajstić information content (AvgIpc) is 2.72. The van der Waals surface area contributed by atoms with Gasteiger partial charge in [-0.3, -0.25) is 9.59 Å². The Labute approximate surface area is 192 Å². The molecule has 2 aromatic carbocycles. The minimum Gasteiger partial charge on any atom is -0.494 e. The molecule has 0 fully saturated rings. The molecule has 2 rings (SSSR count). The maximum Gasteiger partial charge on any atom is 0.242 e. The fourth-order valence-electron chi connectivity index (χ4n) is 2.85. The van der Waals surface area contributed by atoms with E-state index < -0.39 is 6.04 Å². The van der Waals surface area contributed by atoms with Gasteiger partial charge in [0, 0.05) is 40.1 Å². The Balaban J connectivity index is 2.04.